The van der Waals surface area contributed by atoms with E-state index < -0.39 is 9.04 Å². The number of unbranched alkanes of at least 4 members (excludes halogenated alkanes) is 1. The van der Waals surface area contributed by atoms with Crippen molar-refractivity contribution in [3.05, 3.63) is 6.92 Å². The van der Waals surface area contributed by atoms with Crippen molar-refractivity contribution >= 4 is 9.04 Å². The van der Waals surface area contributed by atoms with E-state index in [0.717, 1.165) is 19.4 Å². The van der Waals surface area contributed by atoms with Crippen molar-refractivity contribution in [2.45, 2.75) is 25.9 Å². The molecular formula is C6H15OSi. The first-order chi connectivity index (χ1) is 3.77. The Morgan fingerprint density at radius 3 is 2.50 bits per heavy atom. The van der Waals surface area contributed by atoms with Gasteiger partial charge in [-0.15, -0.1) is 0 Å². The lowest BCUT2D eigenvalue weighted by atomic mass is 10.4. The summed E-state index contributed by atoms with van der Waals surface area (Å²) < 4.78 is 5.38. The molecule has 0 aromatic heterocycles. The third kappa shape index (κ3) is 6.18. The van der Waals surface area contributed by atoms with E-state index in [1.165, 1.54) is 0 Å². The Morgan fingerprint density at radius 1 is 1.50 bits per heavy atom. The Bertz CT molecular complexity index is 45.8. The Hall–Kier alpha value is 0.177. The van der Waals surface area contributed by atoms with Gasteiger partial charge in [0, 0.05) is 6.61 Å². The molecule has 0 heterocycles. The van der Waals surface area contributed by atoms with E-state index in [0.29, 0.717) is 0 Å². The Morgan fingerprint density at radius 2 is 2.12 bits per heavy atom. The summed E-state index contributed by atoms with van der Waals surface area (Å²) in [6, 6.07) is 0. The van der Waals surface area contributed by atoms with E-state index in [2.05, 4.69) is 20.0 Å². The van der Waals surface area contributed by atoms with E-state index in [1.807, 2.05) is 0 Å². The quantitative estimate of drug-likeness (QED) is 0.416. The van der Waals surface area contributed by atoms with E-state index in [-0.39, 0.29) is 0 Å². The molecule has 0 aliphatic heterocycles. The maximum Gasteiger partial charge on any atom is 0.170 e. The topological polar surface area (TPSA) is 9.23 Å². The van der Waals surface area contributed by atoms with Gasteiger partial charge in [0.2, 0.25) is 0 Å². The molecule has 49 valence electrons. The first-order valence-corrected chi connectivity index (χ1v) is 5.96. The molecule has 0 aromatic carbocycles. The minimum absolute atomic E-state index is 0.730. The van der Waals surface area contributed by atoms with Gasteiger partial charge in [0.05, 0.1) is 0 Å². The van der Waals surface area contributed by atoms with Crippen LogP contribution in [0.5, 0.6) is 0 Å². The summed E-state index contributed by atoms with van der Waals surface area (Å²) in [5.41, 5.74) is 0. The lowest BCUT2D eigenvalue weighted by Crippen LogP contribution is -2.07. The van der Waals surface area contributed by atoms with Gasteiger partial charge in [-0.05, 0) is 19.5 Å². The molecule has 0 fully saturated rings. The number of hydrogen-bond donors (Lipinski definition) is 0. The van der Waals surface area contributed by atoms with Crippen molar-refractivity contribution in [3.8, 4) is 0 Å². The average molecular weight is 131 g/mol. The predicted molar refractivity (Wildman–Crippen MR) is 39.4 cm³/mol. The molecule has 0 spiro atoms. The van der Waals surface area contributed by atoms with Crippen LogP contribution in [-0.4, -0.2) is 15.6 Å². The molecule has 0 amide bonds. The van der Waals surface area contributed by atoms with Crippen molar-refractivity contribution in [2.24, 2.45) is 0 Å². The van der Waals surface area contributed by atoms with E-state index in [1.54, 1.807) is 0 Å². The molecule has 0 saturated carbocycles. The Kier molecular flexibility index (Phi) is 5.43. The first-order valence-electron chi connectivity index (χ1n) is 3.18. The minimum Gasteiger partial charge on any atom is -0.421 e. The SMILES string of the molecule is [CH2]CCCO[SiH](C)C. The van der Waals surface area contributed by atoms with Gasteiger partial charge in [-0.1, -0.05) is 13.3 Å². The van der Waals surface area contributed by atoms with Crippen LogP contribution < -0.4 is 0 Å². The first kappa shape index (κ1) is 8.18. The van der Waals surface area contributed by atoms with Crippen LogP contribution in [0, 0.1) is 6.92 Å². The molecule has 0 aromatic rings. The zero-order valence-corrected chi connectivity index (χ0v) is 6.97. The monoisotopic (exact) mass is 131 g/mol. The molecule has 0 bridgehead atoms. The van der Waals surface area contributed by atoms with Gasteiger partial charge < -0.3 is 4.43 Å². The van der Waals surface area contributed by atoms with Crippen LogP contribution in [0.2, 0.25) is 13.1 Å². The third-order valence-corrected chi connectivity index (χ3v) is 1.75. The standard InChI is InChI=1S/C6H15OSi/c1-4-5-6-7-8(2)3/h8H,1,4-6H2,2-3H3. The molecule has 1 radical (unpaired) electrons. The molecule has 0 aliphatic rings. The molecule has 8 heavy (non-hydrogen) atoms. The summed E-state index contributed by atoms with van der Waals surface area (Å²) in [6.07, 6.45) is 2.12. The summed E-state index contributed by atoms with van der Waals surface area (Å²) >= 11 is 0. The second-order valence-corrected chi connectivity index (χ2v) is 4.56. The van der Waals surface area contributed by atoms with Gasteiger partial charge >= 0.3 is 0 Å². The van der Waals surface area contributed by atoms with Crippen molar-refractivity contribution in [1.82, 2.24) is 0 Å². The zero-order chi connectivity index (χ0) is 6.41. The lowest BCUT2D eigenvalue weighted by Gasteiger charge is -2.03. The van der Waals surface area contributed by atoms with Crippen LogP contribution in [0.1, 0.15) is 12.8 Å². The summed E-state index contributed by atoms with van der Waals surface area (Å²) in [7, 11) is -0.730. The molecule has 0 N–H and O–H groups in total. The van der Waals surface area contributed by atoms with Crippen LogP contribution in [0.3, 0.4) is 0 Å². The fourth-order valence-electron chi connectivity index (χ4n) is 0.421. The second kappa shape index (κ2) is 5.32. The smallest absolute Gasteiger partial charge is 0.170 e. The highest BCUT2D eigenvalue weighted by Gasteiger charge is 1.91. The molecular weight excluding hydrogens is 116 g/mol. The van der Waals surface area contributed by atoms with Gasteiger partial charge in [-0.25, -0.2) is 0 Å². The van der Waals surface area contributed by atoms with Gasteiger partial charge in [0.15, 0.2) is 9.04 Å². The van der Waals surface area contributed by atoms with Crippen molar-refractivity contribution in [1.29, 1.82) is 0 Å². The third-order valence-electron chi connectivity index (χ3n) is 0.846. The molecule has 0 saturated heterocycles. The van der Waals surface area contributed by atoms with Crippen molar-refractivity contribution in [2.75, 3.05) is 6.61 Å². The molecule has 2 heteroatoms. The highest BCUT2D eigenvalue weighted by Crippen LogP contribution is 1.89. The molecule has 0 rings (SSSR count). The molecule has 0 aliphatic carbocycles. The van der Waals surface area contributed by atoms with Crippen LogP contribution >= 0.6 is 0 Å². The van der Waals surface area contributed by atoms with Crippen molar-refractivity contribution < 1.29 is 4.43 Å². The highest BCUT2D eigenvalue weighted by atomic mass is 28.3. The van der Waals surface area contributed by atoms with E-state index in [9.17, 15) is 0 Å². The average Bonchev–Trinajstić information content (AvgIpc) is 1.66. The van der Waals surface area contributed by atoms with Crippen molar-refractivity contribution in [3.63, 3.8) is 0 Å². The van der Waals surface area contributed by atoms with Crippen LogP contribution in [-0.2, 0) is 4.43 Å². The Balaban J connectivity index is 2.72. The summed E-state index contributed by atoms with van der Waals surface area (Å²) in [5.74, 6) is 0. The maximum absolute atomic E-state index is 5.38. The summed E-state index contributed by atoms with van der Waals surface area (Å²) in [4.78, 5) is 0. The highest BCUT2D eigenvalue weighted by molar-refractivity contribution is 6.48. The zero-order valence-electron chi connectivity index (χ0n) is 5.81. The molecule has 0 unspecified atom stereocenters. The molecule has 1 nitrogen and oxygen atoms in total. The molecule has 0 atom stereocenters. The van der Waals surface area contributed by atoms with Crippen LogP contribution in [0.4, 0.5) is 0 Å². The van der Waals surface area contributed by atoms with Crippen LogP contribution in [0.15, 0.2) is 0 Å². The number of rotatable bonds is 4. The minimum atomic E-state index is -0.730. The Labute approximate surface area is 53.8 Å². The summed E-state index contributed by atoms with van der Waals surface area (Å²) in [5, 5.41) is 0. The van der Waals surface area contributed by atoms with Gasteiger partial charge in [-0.2, -0.15) is 0 Å². The number of hydrogen-bond acceptors (Lipinski definition) is 1. The maximum atomic E-state index is 5.38. The van der Waals surface area contributed by atoms with E-state index >= 15 is 0 Å². The fraction of sp³-hybridized carbons (Fsp3) is 0.833. The lowest BCUT2D eigenvalue weighted by molar-refractivity contribution is 0.320. The largest absolute Gasteiger partial charge is 0.421 e. The van der Waals surface area contributed by atoms with Gasteiger partial charge in [-0.3, -0.25) is 0 Å². The summed E-state index contributed by atoms with van der Waals surface area (Å²) in [6.45, 7) is 9.01. The fourth-order valence-corrected chi connectivity index (χ4v) is 1.06. The van der Waals surface area contributed by atoms with E-state index in [4.69, 9.17) is 4.43 Å². The normalized spacial score (nSPS) is 10.5. The van der Waals surface area contributed by atoms with Gasteiger partial charge in [0.1, 0.15) is 0 Å². The second-order valence-electron chi connectivity index (χ2n) is 2.13. The predicted octanol–water partition coefficient (Wildman–Crippen LogP) is 1.60. The van der Waals surface area contributed by atoms with Gasteiger partial charge in [0.25, 0.3) is 0 Å². The van der Waals surface area contributed by atoms with Crippen LogP contribution in [0.25, 0.3) is 0 Å².